The highest BCUT2D eigenvalue weighted by Crippen LogP contribution is 2.22. The molecule has 0 spiro atoms. The van der Waals surface area contributed by atoms with E-state index in [0.29, 0.717) is 13.2 Å². The molecule has 6 nitrogen and oxygen atoms in total. The van der Waals surface area contributed by atoms with Gasteiger partial charge in [0.1, 0.15) is 5.75 Å². The van der Waals surface area contributed by atoms with Crippen molar-refractivity contribution in [3.8, 4) is 5.75 Å². The molecule has 1 aromatic carbocycles. The first-order valence-corrected chi connectivity index (χ1v) is 11.5. The number of sulfonamides is 1. The summed E-state index contributed by atoms with van der Waals surface area (Å²) >= 11 is 0. The van der Waals surface area contributed by atoms with Gasteiger partial charge in [-0.05, 0) is 50.8 Å². The van der Waals surface area contributed by atoms with Gasteiger partial charge < -0.3 is 10.1 Å². The zero-order chi connectivity index (χ0) is 19.9. The minimum atomic E-state index is -3.24. The van der Waals surface area contributed by atoms with Gasteiger partial charge in [0.2, 0.25) is 15.9 Å². The van der Waals surface area contributed by atoms with Gasteiger partial charge in [-0.25, -0.2) is 12.7 Å². The molecule has 0 saturated carbocycles. The van der Waals surface area contributed by atoms with Crippen LogP contribution in [0.5, 0.6) is 5.75 Å². The fourth-order valence-electron chi connectivity index (χ4n) is 3.19. The van der Waals surface area contributed by atoms with Crippen LogP contribution in [0.2, 0.25) is 0 Å². The first kappa shape index (κ1) is 21.7. The maximum Gasteiger partial charge on any atom is 0.224 e. The molecule has 1 aromatic rings. The average molecular weight is 397 g/mol. The van der Waals surface area contributed by atoms with Gasteiger partial charge in [0.05, 0.1) is 24.3 Å². The molecular weight excluding hydrogens is 364 g/mol. The summed E-state index contributed by atoms with van der Waals surface area (Å²) in [5, 5.41) is 3.03. The first-order valence-electron chi connectivity index (χ1n) is 9.88. The molecule has 7 heteroatoms. The quantitative estimate of drug-likeness (QED) is 0.651. The van der Waals surface area contributed by atoms with E-state index in [1.165, 1.54) is 4.31 Å². The molecule has 1 aliphatic heterocycles. The molecule has 1 fully saturated rings. The molecule has 0 unspecified atom stereocenters. The third-order valence-electron chi connectivity index (χ3n) is 5.02. The number of piperidine rings is 1. The fraction of sp³-hybridized carbons (Fsp3) is 0.650. The van der Waals surface area contributed by atoms with E-state index in [-0.39, 0.29) is 30.2 Å². The molecule has 2 rings (SSSR count). The van der Waals surface area contributed by atoms with E-state index in [9.17, 15) is 13.2 Å². The molecule has 0 bridgehead atoms. The monoisotopic (exact) mass is 396 g/mol. The lowest BCUT2D eigenvalue weighted by atomic mass is 9.98. The summed E-state index contributed by atoms with van der Waals surface area (Å²) in [7, 11) is -3.24. The largest absolute Gasteiger partial charge is 0.494 e. The highest BCUT2D eigenvalue weighted by molar-refractivity contribution is 7.89. The number of unbranched alkanes of at least 4 members (excludes halogenated alkanes) is 1. The van der Waals surface area contributed by atoms with Gasteiger partial charge in [-0.3, -0.25) is 4.79 Å². The third kappa shape index (κ3) is 6.21. The lowest BCUT2D eigenvalue weighted by Crippen LogP contribution is -2.46. The SMILES string of the molecule is CCCCOc1ccc([C@@H](C)NC(=O)[C@H]2CCCN(S(=O)(=O)CC)C2)cc1. The molecule has 152 valence electrons. The Bertz CT molecular complexity index is 703. The zero-order valence-corrected chi connectivity index (χ0v) is 17.4. The van der Waals surface area contributed by atoms with Gasteiger partial charge >= 0.3 is 0 Å². The van der Waals surface area contributed by atoms with E-state index >= 15 is 0 Å². The Morgan fingerprint density at radius 2 is 2.00 bits per heavy atom. The maximum atomic E-state index is 12.6. The number of carbonyl (C=O) groups excluding carboxylic acids is 1. The second-order valence-electron chi connectivity index (χ2n) is 7.10. The van der Waals surface area contributed by atoms with Gasteiger partial charge in [-0.1, -0.05) is 25.5 Å². The Labute approximate surface area is 163 Å². The van der Waals surface area contributed by atoms with Crippen LogP contribution in [0.15, 0.2) is 24.3 Å². The topological polar surface area (TPSA) is 75.7 Å². The predicted octanol–water partition coefficient (Wildman–Crippen LogP) is 3.10. The number of hydrogen-bond acceptors (Lipinski definition) is 4. The Hall–Kier alpha value is -1.60. The number of nitrogens with zero attached hydrogens (tertiary/aromatic N) is 1. The first-order chi connectivity index (χ1) is 12.9. The van der Waals surface area contributed by atoms with Gasteiger partial charge in [0, 0.05) is 13.1 Å². The van der Waals surface area contributed by atoms with Gasteiger partial charge in [-0.15, -0.1) is 0 Å². The van der Waals surface area contributed by atoms with Crippen molar-refractivity contribution in [1.82, 2.24) is 9.62 Å². The van der Waals surface area contributed by atoms with Crippen molar-refractivity contribution in [1.29, 1.82) is 0 Å². The summed E-state index contributed by atoms with van der Waals surface area (Å²) in [6.45, 7) is 7.19. The molecular formula is C20H32N2O4S. The highest BCUT2D eigenvalue weighted by Gasteiger charge is 2.31. The van der Waals surface area contributed by atoms with Crippen LogP contribution in [0.3, 0.4) is 0 Å². The fourth-order valence-corrected chi connectivity index (χ4v) is 4.37. The standard InChI is InChI=1S/C20H32N2O4S/c1-4-6-14-26-19-11-9-17(10-12-19)16(3)21-20(23)18-8-7-13-22(15-18)27(24,25)5-2/h9-12,16,18H,4-8,13-15H2,1-3H3,(H,21,23)/t16-,18+/m1/s1. The van der Waals surface area contributed by atoms with Crippen molar-refractivity contribution in [2.24, 2.45) is 5.92 Å². The minimum absolute atomic E-state index is 0.0738. The van der Waals surface area contributed by atoms with Gasteiger partial charge in [0.25, 0.3) is 0 Å². The molecule has 0 radical (unpaired) electrons. The maximum absolute atomic E-state index is 12.6. The molecule has 0 aromatic heterocycles. The summed E-state index contributed by atoms with van der Waals surface area (Å²) < 4.78 is 31.3. The number of ether oxygens (including phenoxy) is 1. The van der Waals surface area contributed by atoms with Crippen LogP contribution in [0.25, 0.3) is 0 Å². The number of carbonyl (C=O) groups is 1. The number of amides is 1. The molecule has 1 N–H and O–H groups in total. The van der Waals surface area contributed by atoms with Crippen LogP contribution >= 0.6 is 0 Å². The van der Waals surface area contributed by atoms with Crippen molar-refractivity contribution >= 4 is 15.9 Å². The summed E-state index contributed by atoms with van der Waals surface area (Å²) in [6.07, 6.45) is 3.56. The number of rotatable bonds is 9. The highest BCUT2D eigenvalue weighted by atomic mass is 32.2. The summed E-state index contributed by atoms with van der Waals surface area (Å²) in [4.78, 5) is 12.6. The summed E-state index contributed by atoms with van der Waals surface area (Å²) in [5.41, 5.74) is 1.00. The van der Waals surface area contributed by atoms with Crippen molar-refractivity contribution in [3.05, 3.63) is 29.8 Å². The van der Waals surface area contributed by atoms with Crippen LogP contribution in [0, 0.1) is 5.92 Å². The third-order valence-corrected chi connectivity index (χ3v) is 6.87. The Balaban J connectivity index is 1.91. The summed E-state index contributed by atoms with van der Waals surface area (Å²) in [5.74, 6) is 0.532. The van der Waals surface area contributed by atoms with Crippen LogP contribution in [0.4, 0.5) is 0 Å². The molecule has 1 aliphatic rings. The van der Waals surface area contributed by atoms with Crippen molar-refractivity contribution in [2.75, 3.05) is 25.4 Å². The molecule has 2 atom stereocenters. The van der Waals surface area contributed by atoms with Crippen LogP contribution < -0.4 is 10.1 Å². The Kier molecular flexibility index (Phi) is 8.10. The molecule has 1 amide bonds. The Morgan fingerprint density at radius 1 is 1.30 bits per heavy atom. The van der Waals surface area contributed by atoms with Crippen molar-refractivity contribution < 1.29 is 17.9 Å². The van der Waals surface area contributed by atoms with E-state index in [1.54, 1.807) is 6.92 Å². The number of hydrogen-bond donors (Lipinski definition) is 1. The molecule has 1 heterocycles. The van der Waals surface area contributed by atoms with Crippen molar-refractivity contribution in [3.63, 3.8) is 0 Å². The van der Waals surface area contributed by atoms with E-state index in [4.69, 9.17) is 4.74 Å². The van der Waals surface area contributed by atoms with E-state index in [2.05, 4.69) is 12.2 Å². The second-order valence-corrected chi connectivity index (χ2v) is 9.36. The van der Waals surface area contributed by atoms with E-state index in [1.807, 2.05) is 31.2 Å². The molecule has 0 aliphatic carbocycles. The lowest BCUT2D eigenvalue weighted by Gasteiger charge is -2.31. The minimum Gasteiger partial charge on any atom is -0.494 e. The van der Waals surface area contributed by atoms with Crippen LogP contribution in [-0.4, -0.2) is 44.1 Å². The Morgan fingerprint density at radius 3 is 2.63 bits per heavy atom. The smallest absolute Gasteiger partial charge is 0.224 e. The normalized spacial score (nSPS) is 19.4. The van der Waals surface area contributed by atoms with Crippen molar-refractivity contribution in [2.45, 2.75) is 52.5 Å². The second kappa shape index (κ2) is 10.1. The average Bonchev–Trinajstić information content (AvgIpc) is 2.68. The number of benzene rings is 1. The van der Waals surface area contributed by atoms with Gasteiger partial charge in [-0.2, -0.15) is 0 Å². The predicted molar refractivity (Wildman–Crippen MR) is 107 cm³/mol. The summed E-state index contributed by atoms with van der Waals surface area (Å²) in [6, 6.07) is 7.62. The molecule has 1 saturated heterocycles. The van der Waals surface area contributed by atoms with E-state index < -0.39 is 10.0 Å². The van der Waals surface area contributed by atoms with E-state index in [0.717, 1.165) is 37.0 Å². The number of nitrogens with one attached hydrogen (secondary N) is 1. The van der Waals surface area contributed by atoms with Gasteiger partial charge in [0.15, 0.2) is 0 Å². The van der Waals surface area contributed by atoms with Crippen LogP contribution in [0.1, 0.15) is 58.1 Å². The van der Waals surface area contributed by atoms with Crippen LogP contribution in [-0.2, 0) is 14.8 Å². The molecule has 27 heavy (non-hydrogen) atoms. The zero-order valence-electron chi connectivity index (χ0n) is 16.6. The lowest BCUT2D eigenvalue weighted by molar-refractivity contribution is -0.126.